The summed E-state index contributed by atoms with van der Waals surface area (Å²) in [4.78, 5) is 21.4. The Kier molecular flexibility index (Phi) is 5.16. The van der Waals surface area contributed by atoms with Crippen LogP contribution in [0.3, 0.4) is 0 Å². The molecule has 2 fully saturated rings. The third kappa shape index (κ3) is 3.99. The lowest BCUT2D eigenvalue weighted by molar-refractivity contribution is -0.134. The number of aromatic nitrogens is 2. The molecule has 0 radical (unpaired) electrons. The van der Waals surface area contributed by atoms with Crippen molar-refractivity contribution in [1.29, 1.82) is 0 Å². The number of amides is 1. The van der Waals surface area contributed by atoms with Crippen LogP contribution in [0.2, 0.25) is 0 Å². The topological polar surface area (TPSA) is 80.9 Å². The van der Waals surface area contributed by atoms with Crippen LogP contribution in [0.15, 0.2) is 16.0 Å². The number of aryl methyl sites for hydroxylation is 1. The first-order valence-corrected chi connectivity index (χ1v) is 10.0. The molecule has 0 atom stereocenters. The number of hydrogen-bond donors (Lipinski definition) is 0. The zero-order valence-corrected chi connectivity index (χ0v) is 16.5. The van der Waals surface area contributed by atoms with Crippen molar-refractivity contribution in [3.8, 4) is 5.88 Å². The second-order valence-electron chi connectivity index (χ2n) is 7.13. The van der Waals surface area contributed by atoms with E-state index in [9.17, 15) is 4.79 Å². The number of likely N-dealkylation sites (tertiary alicyclic amines) is 1. The van der Waals surface area contributed by atoms with Gasteiger partial charge in [0.1, 0.15) is 0 Å². The van der Waals surface area contributed by atoms with Crippen LogP contribution in [-0.2, 0) is 11.3 Å². The largest absolute Gasteiger partial charge is 0.479 e. The summed E-state index contributed by atoms with van der Waals surface area (Å²) in [7, 11) is 1.50. The molecule has 9 heteroatoms. The zero-order chi connectivity index (χ0) is 18.9. The Morgan fingerprint density at radius 2 is 2.19 bits per heavy atom. The van der Waals surface area contributed by atoms with Gasteiger partial charge in [0.25, 0.3) is 11.8 Å². The predicted molar refractivity (Wildman–Crippen MR) is 99.0 cm³/mol. The Morgan fingerprint density at radius 1 is 1.37 bits per heavy atom. The van der Waals surface area contributed by atoms with Crippen molar-refractivity contribution in [2.45, 2.75) is 31.9 Å². The van der Waals surface area contributed by atoms with E-state index in [1.165, 1.54) is 13.2 Å². The van der Waals surface area contributed by atoms with E-state index in [1.807, 2.05) is 6.92 Å². The van der Waals surface area contributed by atoms with Gasteiger partial charge >= 0.3 is 0 Å². The van der Waals surface area contributed by atoms with Crippen LogP contribution < -0.4 is 4.74 Å². The number of rotatable bonds is 4. The zero-order valence-electron chi connectivity index (χ0n) is 15.6. The normalized spacial score (nSPS) is 20.1. The van der Waals surface area contributed by atoms with Crippen LogP contribution in [0, 0.1) is 6.92 Å². The number of ether oxygens (including phenoxy) is 2. The average molecular weight is 392 g/mol. The van der Waals surface area contributed by atoms with Gasteiger partial charge in [-0.2, -0.15) is 0 Å². The van der Waals surface area contributed by atoms with Gasteiger partial charge in [-0.3, -0.25) is 9.69 Å². The molecule has 0 bridgehead atoms. The summed E-state index contributed by atoms with van der Waals surface area (Å²) in [6.07, 6.45) is 1.63. The van der Waals surface area contributed by atoms with Crippen molar-refractivity contribution in [3.63, 3.8) is 0 Å². The summed E-state index contributed by atoms with van der Waals surface area (Å²) >= 11 is 1.69. The highest BCUT2D eigenvalue weighted by Crippen LogP contribution is 2.31. The highest BCUT2D eigenvalue weighted by molar-refractivity contribution is 7.09. The molecule has 0 aromatic carbocycles. The summed E-state index contributed by atoms with van der Waals surface area (Å²) in [6, 6.07) is 1.53. The Hall–Kier alpha value is -1.97. The van der Waals surface area contributed by atoms with Gasteiger partial charge in [0, 0.05) is 38.1 Å². The first kappa shape index (κ1) is 18.4. The fourth-order valence-electron chi connectivity index (χ4n) is 3.80. The molecule has 2 aromatic heterocycles. The lowest BCUT2D eigenvalue weighted by atomic mass is 9.89. The van der Waals surface area contributed by atoms with Gasteiger partial charge in [-0.05, 0) is 24.9 Å². The maximum absolute atomic E-state index is 12.6. The first-order chi connectivity index (χ1) is 13.1. The van der Waals surface area contributed by atoms with Gasteiger partial charge in [-0.15, -0.1) is 11.3 Å². The molecule has 0 aliphatic carbocycles. The molecule has 8 nitrogen and oxygen atoms in total. The second-order valence-corrected chi connectivity index (χ2v) is 8.19. The quantitative estimate of drug-likeness (QED) is 0.787. The molecule has 2 aromatic rings. The molecule has 0 saturated carbocycles. The van der Waals surface area contributed by atoms with Crippen molar-refractivity contribution in [2.75, 3.05) is 39.9 Å². The van der Waals surface area contributed by atoms with E-state index in [-0.39, 0.29) is 17.3 Å². The third-order valence-electron chi connectivity index (χ3n) is 5.25. The molecule has 4 heterocycles. The molecule has 2 aliphatic heterocycles. The summed E-state index contributed by atoms with van der Waals surface area (Å²) < 4.78 is 16.2. The van der Waals surface area contributed by atoms with Gasteiger partial charge in [0.05, 0.1) is 36.1 Å². The molecule has 27 heavy (non-hydrogen) atoms. The number of methoxy groups -OCH3 is 1. The second kappa shape index (κ2) is 7.57. The smallest absolute Gasteiger partial charge is 0.292 e. The van der Waals surface area contributed by atoms with Crippen LogP contribution >= 0.6 is 11.3 Å². The molecular weight excluding hydrogens is 368 g/mol. The lowest BCUT2D eigenvalue weighted by Gasteiger charge is -2.47. The number of thiazole rings is 1. The van der Waals surface area contributed by atoms with E-state index in [0.29, 0.717) is 19.0 Å². The van der Waals surface area contributed by atoms with Crippen molar-refractivity contribution in [3.05, 3.63) is 27.9 Å². The molecule has 2 aliphatic rings. The number of carbonyl (C=O) groups is 1. The summed E-state index contributed by atoms with van der Waals surface area (Å²) in [6.45, 7) is 6.69. The molecule has 0 unspecified atom stereocenters. The van der Waals surface area contributed by atoms with Crippen molar-refractivity contribution in [1.82, 2.24) is 19.9 Å². The number of nitrogens with zero attached hydrogens (tertiary/aromatic N) is 4. The molecule has 1 amide bonds. The van der Waals surface area contributed by atoms with Gasteiger partial charge < -0.3 is 18.9 Å². The van der Waals surface area contributed by atoms with Crippen LogP contribution in [0.1, 0.15) is 34.1 Å². The Labute approximate surface area is 162 Å². The Morgan fingerprint density at radius 3 is 2.85 bits per heavy atom. The molecule has 2 saturated heterocycles. The monoisotopic (exact) mass is 392 g/mol. The van der Waals surface area contributed by atoms with Crippen LogP contribution in [0.5, 0.6) is 5.88 Å². The van der Waals surface area contributed by atoms with Crippen LogP contribution in [-0.4, -0.2) is 71.3 Å². The molecule has 0 N–H and O–H groups in total. The van der Waals surface area contributed by atoms with Crippen LogP contribution in [0.4, 0.5) is 0 Å². The highest BCUT2D eigenvalue weighted by atomic mass is 32.1. The number of morpholine rings is 1. The summed E-state index contributed by atoms with van der Waals surface area (Å²) in [5.74, 6) is 0.384. The minimum absolute atomic E-state index is 0.147. The van der Waals surface area contributed by atoms with E-state index < -0.39 is 0 Å². The maximum Gasteiger partial charge on any atom is 0.292 e. The molecule has 146 valence electrons. The van der Waals surface area contributed by atoms with E-state index in [1.54, 1.807) is 16.2 Å². The fourth-order valence-corrected chi connectivity index (χ4v) is 4.40. The molecular formula is C18H24N4O4S. The fraction of sp³-hybridized carbons (Fsp3) is 0.611. The predicted octanol–water partition coefficient (Wildman–Crippen LogP) is 1.96. The van der Waals surface area contributed by atoms with Gasteiger partial charge in [0.2, 0.25) is 5.76 Å². The summed E-state index contributed by atoms with van der Waals surface area (Å²) in [5.41, 5.74) is 0.945. The van der Waals surface area contributed by atoms with Gasteiger partial charge in [0.15, 0.2) is 0 Å². The van der Waals surface area contributed by atoms with Crippen LogP contribution in [0.25, 0.3) is 0 Å². The Bertz CT molecular complexity index is 797. The minimum atomic E-state index is -0.181. The third-order valence-corrected chi connectivity index (χ3v) is 6.07. The first-order valence-electron chi connectivity index (χ1n) is 9.14. The van der Waals surface area contributed by atoms with Crippen molar-refractivity contribution < 1.29 is 18.8 Å². The van der Waals surface area contributed by atoms with E-state index in [0.717, 1.165) is 49.8 Å². The van der Waals surface area contributed by atoms with E-state index in [4.69, 9.17) is 14.0 Å². The average Bonchev–Trinajstić information content (AvgIpc) is 3.31. The number of piperidine rings is 1. The Balaban J connectivity index is 1.35. The molecule has 4 rings (SSSR count). The minimum Gasteiger partial charge on any atom is -0.479 e. The van der Waals surface area contributed by atoms with Gasteiger partial charge in [-0.1, -0.05) is 0 Å². The summed E-state index contributed by atoms with van der Waals surface area (Å²) in [5, 5.41) is 6.93. The lowest BCUT2D eigenvalue weighted by Crippen LogP contribution is -2.57. The number of hydrogen-bond acceptors (Lipinski definition) is 8. The molecule has 1 spiro atoms. The van der Waals surface area contributed by atoms with E-state index in [2.05, 4.69) is 20.4 Å². The van der Waals surface area contributed by atoms with Gasteiger partial charge in [-0.25, -0.2) is 4.98 Å². The maximum atomic E-state index is 12.6. The van der Waals surface area contributed by atoms with Crippen molar-refractivity contribution in [2.24, 2.45) is 0 Å². The van der Waals surface area contributed by atoms with E-state index >= 15 is 0 Å². The SMILES string of the molecule is COc1cc(C(=O)N2CCC3(CC2)CN(Cc2csc(C)n2)CCO3)on1. The number of carbonyl (C=O) groups excluding carboxylic acids is 1. The highest BCUT2D eigenvalue weighted by Gasteiger charge is 2.41. The standard InChI is InChI=1S/C18H24N4O4S/c1-13-19-14(11-27-13)10-21-7-8-25-18(12-21)3-5-22(6-4-18)17(23)15-9-16(24-2)20-26-15/h9,11H,3-8,10,12H2,1-2H3. The van der Waals surface area contributed by atoms with Crippen molar-refractivity contribution >= 4 is 17.2 Å².